The molecular formula is C11H16N2O5. The van der Waals surface area contributed by atoms with Crippen molar-refractivity contribution in [2.45, 2.75) is 12.5 Å². The second-order valence-electron chi connectivity index (χ2n) is 3.71. The van der Waals surface area contributed by atoms with Crippen molar-refractivity contribution in [2.75, 3.05) is 26.8 Å². The average Bonchev–Trinajstić information content (AvgIpc) is 2.83. The Morgan fingerprint density at radius 2 is 2.44 bits per heavy atom. The Bertz CT molecular complexity index is 366. The normalized spacial score (nSPS) is 17.8. The lowest BCUT2D eigenvalue weighted by Crippen LogP contribution is -2.41. The summed E-state index contributed by atoms with van der Waals surface area (Å²) in [7, 11) is 1.54. The molecule has 0 saturated carbocycles. The van der Waals surface area contributed by atoms with Crippen molar-refractivity contribution in [1.29, 1.82) is 0 Å². The number of hydrogen-bond donors (Lipinski definition) is 1. The molecule has 1 rings (SSSR count). The number of methoxy groups -OCH3 is 1. The molecule has 7 heteroatoms. The van der Waals surface area contributed by atoms with E-state index in [1.165, 1.54) is 12.0 Å². The largest absolute Gasteiger partial charge is 0.477 e. The first-order valence-electron chi connectivity index (χ1n) is 5.44. The maximum Gasteiger partial charge on any atom is 0.353 e. The summed E-state index contributed by atoms with van der Waals surface area (Å²) < 4.78 is 4.90. The fourth-order valence-electron chi connectivity index (χ4n) is 1.49. The van der Waals surface area contributed by atoms with Crippen molar-refractivity contribution in [1.82, 2.24) is 4.90 Å². The Hall–Kier alpha value is -1.89. The lowest BCUT2D eigenvalue weighted by atomic mass is 10.1. The number of carbonyl (C=O) groups excluding carboxylic acids is 1. The molecule has 0 aromatic carbocycles. The summed E-state index contributed by atoms with van der Waals surface area (Å²) in [5, 5.41) is 12.1. The van der Waals surface area contributed by atoms with Crippen molar-refractivity contribution >= 4 is 17.6 Å². The van der Waals surface area contributed by atoms with Crippen LogP contribution in [0.2, 0.25) is 0 Å². The zero-order valence-electron chi connectivity index (χ0n) is 10.2. The number of oxime groups is 1. The van der Waals surface area contributed by atoms with Gasteiger partial charge in [0.2, 0.25) is 6.10 Å². The predicted molar refractivity (Wildman–Crippen MR) is 63.2 cm³/mol. The Morgan fingerprint density at radius 1 is 1.72 bits per heavy atom. The molecule has 0 aromatic heterocycles. The van der Waals surface area contributed by atoms with E-state index in [0.29, 0.717) is 19.7 Å². The highest BCUT2D eigenvalue weighted by Gasteiger charge is 2.33. The summed E-state index contributed by atoms with van der Waals surface area (Å²) in [4.78, 5) is 29.0. The SMILES string of the molecule is C=CCN(CCOC)C(=O)C1CC(C(=O)O)=NO1. The second kappa shape index (κ2) is 6.75. The van der Waals surface area contributed by atoms with Gasteiger partial charge >= 0.3 is 5.97 Å². The molecule has 100 valence electrons. The van der Waals surface area contributed by atoms with E-state index >= 15 is 0 Å². The van der Waals surface area contributed by atoms with Gasteiger partial charge in [-0.2, -0.15) is 0 Å². The highest BCUT2D eigenvalue weighted by atomic mass is 16.6. The Balaban J connectivity index is 2.57. The molecule has 0 saturated heterocycles. The van der Waals surface area contributed by atoms with Crippen molar-refractivity contribution in [2.24, 2.45) is 5.16 Å². The molecule has 1 aliphatic rings. The molecule has 0 radical (unpaired) electrons. The molecular weight excluding hydrogens is 240 g/mol. The van der Waals surface area contributed by atoms with E-state index in [-0.39, 0.29) is 18.0 Å². The van der Waals surface area contributed by atoms with Crippen LogP contribution >= 0.6 is 0 Å². The third-order valence-corrected chi connectivity index (χ3v) is 2.42. The molecule has 0 spiro atoms. The van der Waals surface area contributed by atoms with Crippen molar-refractivity contribution in [3.8, 4) is 0 Å². The maximum atomic E-state index is 12.0. The molecule has 1 unspecified atom stereocenters. The number of ether oxygens (including phenoxy) is 1. The lowest BCUT2D eigenvalue weighted by Gasteiger charge is -2.22. The molecule has 7 nitrogen and oxygen atoms in total. The average molecular weight is 256 g/mol. The van der Waals surface area contributed by atoms with Crippen LogP contribution in [0.15, 0.2) is 17.8 Å². The first-order chi connectivity index (χ1) is 8.60. The minimum atomic E-state index is -1.17. The third-order valence-electron chi connectivity index (χ3n) is 2.42. The van der Waals surface area contributed by atoms with E-state index in [1.54, 1.807) is 6.08 Å². The lowest BCUT2D eigenvalue weighted by molar-refractivity contribution is -0.142. The van der Waals surface area contributed by atoms with Crippen LogP contribution in [0.4, 0.5) is 0 Å². The van der Waals surface area contributed by atoms with Crippen LogP contribution < -0.4 is 0 Å². The summed E-state index contributed by atoms with van der Waals surface area (Å²) >= 11 is 0. The van der Waals surface area contributed by atoms with Gasteiger partial charge in [-0.1, -0.05) is 11.2 Å². The zero-order chi connectivity index (χ0) is 13.5. The number of amides is 1. The number of carbonyl (C=O) groups is 2. The number of nitrogens with zero attached hydrogens (tertiary/aromatic N) is 2. The van der Waals surface area contributed by atoms with Gasteiger partial charge in [-0.05, 0) is 0 Å². The van der Waals surface area contributed by atoms with Crippen LogP contribution in [-0.4, -0.2) is 60.5 Å². The number of carboxylic acids is 1. The van der Waals surface area contributed by atoms with E-state index in [1.807, 2.05) is 0 Å². The topological polar surface area (TPSA) is 88.4 Å². The van der Waals surface area contributed by atoms with Crippen LogP contribution in [0.25, 0.3) is 0 Å². The highest BCUT2D eigenvalue weighted by Crippen LogP contribution is 2.13. The van der Waals surface area contributed by atoms with Crippen LogP contribution in [0.3, 0.4) is 0 Å². The van der Waals surface area contributed by atoms with Gasteiger partial charge in [-0.25, -0.2) is 4.79 Å². The molecule has 0 aromatic rings. The predicted octanol–water partition coefficient (Wildman–Crippen LogP) is -0.123. The smallest absolute Gasteiger partial charge is 0.353 e. The molecule has 1 N–H and O–H groups in total. The quantitative estimate of drug-likeness (QED) is 0.641. The third kappa shape index (κ3) is 3.56. The number of hydrogen-bond acceptors (Lipinski definition) is 5. The first kappa shape index (κ1) is 14.2. The van der Waals surface area contributed by atoms with Gasteiger partial charge in [-0.15, -0.1) is 6.58 Å². The summed E-state index contributed by atoms with van der Waals surface area (Å²) in [6.07, 6.45) is 0.698. The molecule has 1 atom stereocenters. The van der Waals surface area contributed by atoms with Crippen LogP contribution in [0.5, 0.6) is 0 Å². The van der Waals surface area contributed by atoms with Crippen LogP contribution in [0.1, 0.15) is 6.42 Å². The molecule has 0 aliphatic carbocycles. The number of rotatable bonds is 7. The molecule has 1 heterocycles. The molecule has 1 aliphatic heterocycles. The summed E-state index contributed by atoms with van der Waals surface area (Å²) in [5.41, 5.74) is -0.140. The second-order valence-corrected chi connectivity index (χ2v) is 3.71. The van der Waals surface area contributed by atoms with Gasteiger partial charge in [-0.3, -0.25) is 4.79 Å². The number of carboxylic acid groups (broad SMARTS) is 1. The van der Waals surface area contributed by atoms with E-state index in [4.69, 9.17) is 14.7 Å². The first-order valence-corrected chi connectivity index (χ1v) is 5.44. The summed E-state index contributed by atoms with van der Waals surface area (Å²) in [6.45, 7) is 4.69. The van der Waals surface area contributed by atoms with Gasteiger partial charge in [0.25, 0.3) is 5.91 Å². The van der Waals surface area contributed by atoms with Crippen molar-refractivity contribution in [3.63, 3.8) is 0 Å². The van der Waals surface area contributed by atoms with E-state index in [2.05, 4.69) is 11.7 Å². The van der Waals surface area contributed by atoms with Gasteiger partial charge in [0.05, 0.1) is 6.61 Å². The van der Waals surface area contributed by atoms with Crippen molar-refractivity contribution < 1.29 is 24.3 Å². The molecule has 1 amide bonds. The zero-order valence-corrected chi connectivity index (χ0v) is 10.2. The Labute approximate surface area is 105 Å². The van der Waals surface area contributed by atoms with E-state index in [0.717, 1.165) is 0 Å². The van der Waals surface area contributed by atoms with Crippen molar-refractivity contribution in [3.05, 3.63) is 12.7 Å². The van der Waals surface area contributed by atoms with Gasteiger partial charge < -0.3 is 19.6 Å². The van der Waals surface area contributed by atoms with Gasteiger partial charge in [0.15, 0.2) is 5.71 Å². The minimum Gasteiger partial charge on any atom is -0.477 e. The highest BCUT2D eigenvalue weighted by molar-refractivity contribution is 6.36. The van der Waals surface area contributed by atoms with E-state index < -0.39 is 12.1 Å². The fraction of sp³-hybridized carbons (Fsp3) is 0.545. The molecule has 0 bridgehead atoms. The summed E-state index contributed by atoms with van der Waals surface area (Å²) in [5.74, 6) is -1.48. The fourth-order valence-corrected chi connectivity index (χ4v) is 1.49. The molecule has 0 fully saturated rings. The van der Waals surface area contributed by atoms with Crippen LogP contribution in [-0.2, 0) is 19.2 Å². The monoisotopic (exact) mass is 256 g/mol. The molecule has 18 heavy (non-hydrogen) atoms. The number of aliphatic carboxylic acids is 1. The summed E-state index contributed by atoms with van der Waals surface area (Å²) in [6, 6.07) is 0. The standard InChI is InChI=1S/C11H16N2O5/c1-3-4-13(5-6-17-2)10(14)9-7-8(11(15)16)12-18-9/h3,9H,1,4-7H2,2H3,(H,15,16). The van der Waals surface area contributed by atoms with Crippen LogP contribution in [0, 0.1) is 0 Å². The van der Waals surface area contributed by atoms with E-state index in [9.17, 15) is 9.59 Å². The van der Waals surface area contributed by atoms with Gasteiger partial charge in [0.1, 0.15) is 0 Å². The maximum absolute atomic E-state index is 12.0. The minimum absolute atomic E-state index is 0.0191. The Kier molecular flexibility index (Phi) is 5.31. The Morgan fingerprint density at radius 3 is 2.94 bits per heavy atom. The van der Waals surface area contributed by atoms with Gasteiger partial charge in [0, 0.05) is 26.6 Å².